The first-order chi connectivity index (χ1) is 10.2. The second-order valence-electron chi connectivity index (χ2n) is 5.79. The molecule has 1 heterocycles. The third kappa shape index (κ3) is 4.83. The standard InChI is InChI=1S/C17H26N2O2/c1-13(16(18)14-7-3-2-4-8-14)17(20)19-11-10-15-9-5-6-12-21-15/h2-4,7-8,13,15-16H,5-6,9-12,18H2,1H3,(H,19,20). The second kappa shape index (κ2) is 8.15. The number of amides is 1. The molecule has 116 valence electrons. The molecule has 0 saturated carbocycles. The van der Waals surface area contributed by atoms with E-state index in [1.54, 1.807) is 0 Å². The van der Waals surface area contributed by atoms with Gasteiger partial charge in [-0.3, -0.25) is 4.79 Å². The van der Waals surface area contributed by atoms with Crippen LogP contribution in [0.4, 0.5) is 0 Å². The van der Waals surface area contributed by atoms with Gasteiger partial charge in [-0.1, -0.05) is 37.3 Å². The van der Waals surface area contributed by atoms with E-state index in [0.717, 1.165) is 31.4 Å². The largest absolute Gasteiger partial charge is 0.378 e. The van der Waals surface area contributed by atoms with Crippen LogP contribution in [0, 0.1) is 5.92 Å². The van der Waals surface area contributed by atoms with Gasteiger partial charge in [-0.05, 0) is 31.2 Å². The molecule has 0 spiro atoms. The zero-order chi connectivity index (χ0) is 15.1. The summed E-state index contributed by atoms with van der Waals surface area (Å²) in [5.74, 6) is -0.221. The van der Waals surface area contributed by atoms with Gasteiger partial charge in [-0.25, -0.2) is 0 Å². The lowest BCUT2D eigenvalue weighted by atomic mass is 9.94. The van der Waals surface area contributed by atoms with Crippen LogP contribution in [-0.2, 0) is 9.53 Å². The number of carbonyl (C=O) groups is 1. The van der Waals surface area contributed by atoms with Crippen LogP contribution in [0.1, 0.15) is 44.2 Å². The molecule has 1 aromatic rings. The molecule has 0 radical (unpaired) electrons. The molecule has 2 rings (SSSR count). The summed E-state index contributed by atoms with van der Waals surface area (Å²) in [5, 5.41) is 2.98. The van der Waals surface area contributed by atoms with Crippen molar-refractivity contribution in [3.63, 3.8) is 0 Å². The molecule has 1 aromatic carbocycles. The summed E-state index contributed by atoms with van der Waals surface area (Å²) in [5.41, 5.74) is 7.16. The Kier molecular flexibility index (Phi) is 6.21. The molecular formula is C17H26N2O2. The Balaban J connectivity index is 1.74. The highest BCUT2D eigenvalue weighted by atomic mass is 16.5. The summed E-state index contributed by atoms with van der Waals surface area (Å²) in [6, 6.07) is 9.50. The molecule has 3 N–H and O–H groups in total. The van der Waals surface area contributed by atoms with Crippen LogP contribution in [0.5, 0.6) is 0 Å². The van der Waals surface area contributed by atoms with E-state index in [2.05, 4.69) is 5.32 Å². The Morgan fingerprint density at radius 2 is 2.14 bits per heavy atom. The third-order valence-electron chi connectivity index (χ3n) is 4.18. The number of hydrogen-bond donors (Lipinski definition) is 2. The van der Waals surface area contributed by atoms with Gasteiger partial charge >= 0.3 is 0 Å². The van der Waals surface area contributed by atoms with Crippen molar-refractivity contribution >= 4 is 5.91 Å². The monoisotopic (exact) mass is 290 g/mol. The van der Waals surface area contributed by atoms with E-state index in [4.69, 9.17) is 10.5 Å². The van der Waals surface area contributed by atoms with E-state index in [1.807, 2.05) is 37.3 Å². The minimum atomic E-state index is -0.267. The summed E-state index contributed by atoms with van der Waals surface area (Å²) < 4.78 is 5.66. The predicted octanol–water partition coefficient (Wildman–Crippen LogP) is 2.40. The highest BCUT2D eigenvalue weighted by Gasteiger charge is 2.22. The highest BCUT2D eigenvalue weighted by Crippen LogP contribution is 2.19. The van der Waals surface area contributed by atoms with Crippen LogP contribution in [-0.4, -0.2) is 25.2 Å². The summed E-state index contributed by atoms with van der Waals surface area (Å²) in [6.07, 6.45) is 4.69. The van der Waals surface area contributed by atoms with Crippen molar-refractivity contribution in [1.29, 1.82) is 0 Å². The highest BCUT2D eigenvalue weighted by molar-refractivity contribution is 5.79. The number of nitrogens with one attached hydrogen (secondary N) is 1. The van der Waals surface area contributed by atoms with Crippen LogP contribution < -0.4 is 11.1 Å². The van der Waals surface area contributed by atoms with Crippen LogP contribution in [0.25, 0.3) is 0 Å². The zero-order valence-corrected chi connectivity index (χ0v) is 12.8. The first kappa shape index (κ1) is 16.0. The van der Waals surface area contributed by atoms with Crippen LogP contribution in [0.15, 0.2) is 30.3 Å². The average molecular weight is 290 g/mol. The lowest BCUT2D eigenvalue weighted by Crippen LogP contribution is -2.37. The number of nitrogens with two attached hydrogens (primary N) is 1. The van der Waals surface area contributed by atoms with E-state index < -0.39 is 0 Å². The zero-order valence-electron chi connectivity index (χ0n) is 12.8. The fourth-order valence-corrected chi connectivity index (χ4v) is 2.68. The van der Waals surface area contributed by atoms with E-state index in [-0.39, 0.29) is 17.9 Å². The maximum Gasteiger partial charge on any atom is 0.224 e. The van der Waals surface area contributed by atoms with E-state index >= 15 is 0 Å². The van der Waals surface area contributed by atoms with Crippen LogP contribution >= 0.6 is 0 Å². The Labute approximate surface area is 127 Å². The fourth-order valence-electron chi connectivity index (χ4n) is 2.68. The number of ether oxygens (including phenoxy) is 1. The van der Waals surface area contributed by atoms with Gasteiger partial charge < -0.3 is 15.8 Å². The maximum atomic E-state index is 12.2. The quantitative estimate of drug-likeness (QED) is 0.845. The molecule has 1 aliphatic heterocycles. The van der Waals surface area contributed by atoms with E-state index in [9.17, 15) is 4.79 Å². The molecule has 4 heteroatoms. The van der Waals surface area contributed by atoms with E-state index in [1.165, 1.54) is 6.42 Å². The first-order valence-electron chi connectivity index (χ1n) is 7.88. The molecule has 21 heavy (non-hydrogen) atoms. The Bertz CT molecular complexity index is 430. The molecule has 1 fully saturated rings. The molecule has 1 amide bonds. The van der Waals surface area contributed by atoms with Crippen molar-refractivity contribution in [1.82, 2.24) is 5.32 Å². The second-order valence-corrected chi connectivity index (χ2v) is 5.79. The number of carbonyl (C=O) groups excluding carboxylic acids is 1. The normalized spacial score (nSPS) is 21.5. The molecule has 4 nitrogen and oxygen atoms in total. The summed E-state index contributed by atoms with van der Waals surface area (Å²) in [4.78, 5) is 12.2. The lowest BCUT2D eigenvalue weighted by Gasteiger charge is -2.23. The van der Waals surface area contributed by atoms with Crippen molar-refractivity contribution in [2.24, 2.45) is 11.7 Å². The molecule has 1 saturated heterocycles. The number of benzene rings is 1. The maximum absolute atomic E-state index is 12.2. The van der Waals surface area contributed by atoms with E-state index in [0.29, 0.717) is 12.6 Å². The Hall–Kier alpha value is -1.39. The SMILES string of the molecule is CC(C(=O)NCCC1CCCCO1)C(N)c1ccccc1. The summed E-state index contributed by atoms with van der Waals surface area (Å²) in [7, 11) is 0. The van der Waals surface area contributed by atoms with Crippen LogP contribution in [0.3, 0.4) is 0 Å². The molecule has 3 unspecified atom stereocenters. The van der Waals surface area contributed by atoms with Crippen LogP contribution in [0.2, 0.25) is 0 Å². The van der Waals surface area contributed by atoms with Gasteiger partial charge in [0.05, 0.1) is 12.0 Å². The van der Waals surface area contributed by atoms with Gasteiger partial charge in [-0.2, -0.15) is 0 Å². The Morgan fingerprint density at radius 3 is 2.81 bits per heavy atom. The minimum absolute atomic E-state index is 0.0159. The number of rotatable bonds is 6. The fraction of sp³-hybridized carbons (Fsp3) is 0.588. The molecule has 0 bridgehead atoms. The van der Waals surface area contributed by atoms with Gasteiger partial charge in [0.15, 0.2) is 0 Å². The summed E-state index contributed by atoms with van der Waals surface area (Å²) in [6.45, 7) is 3.40. The van der Waals surface area contributed by atoms with Crippen molar-refractivity contribution < 1.29 is 9.53 Å². The van der Waals surface area contributed by atoms with Gasteiger partial charge in [0.25, 0.3) is 0 Å². The van der Waals surface area contributed by atoms with Crippen molar-refractivity contribution in [2.45, 2.75) is 44.8 Å². The average Bonchev–Trinajstić information content (AvgIpc) is 2.55. The number of hydrogen-bond acceptors (Lipinski definition) is 3. The van der Waals surface area contributed by atoms with Gasteiger partial charge in [0.2, 0.25) is 5.91 Å². The molecule has 0 aliphatic carbocycles. The van der Waals surface area contributed by atoms with Gasteiger partial charge in [0, 0.05) is 19.2 Å². The molecule has 0 aromatic heterocycles. The molecule has 3 atom stereocenters. The van der Waals surface area contributed by atoms with Crippen molar-refractivity contribution in [3.05, 3.63) is 35.9 Å². The van der Waals surface area contributed by atoms with Crippen molar-refractivity contribution in [3.8, 4) is 0 Å². The smallest absolute Gasteiger partial charge is 0.224 e. The first-order valence-corrected chi connectivity index (χ1v) is 7.88. The Morgan fingerprint density at radius 1 is 1.38 bits per heavy atom. The molecule has 1 aliphatic rings. The van der Waals surface area contributed by atoms with Crippen molar-refractivity contribution in [2.75, 3.05) is 13.2 Å². The minimum Gasteiger partial charge on any atom is -0.378 e. The summed E-state index contributed by atoms with van der Waals surface area (Å²) >= 11 is 0. The van der Waals surface area contributed by atoms with Gasteiger partial charge in [-0.15, -0.1) is 0 Å². The van der Waals surface area contributed by atoms with Gasteiger partial charge in [0.1, 0.15) is 0 Å². The topological polar surface area (TPSA) is 64.3 Å². The predicted molar refractivity (Wildman–Crippen MR) is 83.8 cm³/mol. The third-order valence-corrected chi connectivity index (χ3v) is 4.18. The molecular weight excluding hydrogens is 264 g/mol. The lowest BCUT2D eigenvalue weighted by molar-refractivity contribution is -0.125.